The second-order valence-corrected chi connectivity index (χ2v) is 10.1. The molecule has 3 heteroatoms. The van der Waals surface area contributed by atoms with Gasteiger partial charge in [-0.25, -0.2) is 0 Å². The minimum atomic E-state index is 0.0296. The van der Waals surface area contributed by atoms with Crippen LogP contribution in [0.5, 0.6) is 23.0 Å². The van der Waals surface area contributed by atoms with Gasteiger partial charge in [-0.2, -0.15) is 0 Å². The maximum Gasteiger partial charge on any atom is 0.260 e. The molecule has 0 spiro atoms. The van der Waals surface area contributed by atoms with Crippen molar-refractivity contribution in [2.24, 2.45) is 0 Å². The molecule has 0 saturated carbocycles. The Hall–Kier alpha value is -5.02. The summed E-state index contributed by atoms with van der Waals surface area (Å²) in [5.41, 5.74) is 10.3. The molecule has 0 fully saturated rings. The average Bonchev–Trinajstić information content (AvgIpc) is 3.01. The summed E-state index contributed by atoms with van der Waals surface area (Å²) in [6, 6.07) is 48.9. The van der Waals surface area contributed by atoms with Crippen molar-refractivity contribution >= 4 is 23.1 Å². The molecule has 2 nitrogen and oxygen atoms in total. The number of rotatable bonds is 3. The first-order valence-electron chi connectivity index (χ1n) is 13.3. The van der Waals surface area contributed by atoms with E-state index in [2.05, 4.69) is 121 Å². The van der Waals surface area contributed by atoms with Crippen LogP contribution in [0.15, 0.2) is 140 Å². The molecule has 2 aliphatic heterocycles. The van der Waals surface area contributed by atoms with Crippen molar-refractivity contribution in [2.45, 2.75) is 0 Å². The molecule has 6 aromatic rings. The summed E-state index contributed by atoms with van der Waals surface area (Å²) in [6.45, 7) is 0.0296. The third-order valence-corrected chi connectivity index (χ3v) is 7.80. The Morgan fingerprint density at radius 1 is 0.333 bits per heavy atom. The molecule has 6 aromatic carbocycles. The zero-order valence-electron chi connectivity index (χ0n) is 21.2. The van der Waals surface area contributed by atoms with E-state index in [9.17, 15) is 0 Å². The van der Waals surface area contributed by atoms with Gasteiger partial charge in [0.15, 0.2) is 0 Å². The Morgan fingerprint density at radius 3 is 1.15 bits per heavy atom. The van der Waals surface area contributed by atoms with E-state index in [-0.39, 0.29) is 6.71 Å². The highest BCUT2D eigenvalue weighted by atomic mass is 16.5. The highest BCUT2D eigenvalue weighted by Gasteiger charge is 2.40. The van der Waals surface area contributed by atoms with Crippen molar-refractivity contribution in [3.05, 3.63) is 140 Å². The summed E-state index contributed by atoms with van der Waals surface area (Å²) in [6.07, 6.45) is 0. The molecular weight excluding hydrogens is 475 g/mol. The van der Waals surface area contributed by atoms with E-state index in [0.29, 0.717) is 0 Å². The minimum Gasteiger partial charge on any atom is -0.458 e. The van der Waals surface area contributed by atoms with Gasteiger partial charge in [0.05, 0.1) is 0 Å². The van der Waals surface area contributed by atoms with Gasteiger partial charge < -0.3 is 9.47 Å². The predicted molar refractivity (Wildman–Crippen MR) is 160 cm³/mol. The van der Waals surface area contributed by atoms with Crippen molar-refractivity contribution < 1.29 is 9.47 Å². The molecule has 0 aromatic heterocycles. The molecule has 0 radical (unpaired) electrons. The average molecular weight is 498 g/mol. The summed E-state index contributed by atoms with van der Waals surface area (Å²) in [7, 11) is 0. The van der Waals surface area contributed by atoms with E-state index in [1.54, 1.807) is 0 Å². The van der Waals surface area contributed by atoms with Crippen molar-refractivity contribution in [1.29, 1.82) is 0 Å². The predicted octanol–water partition coefficient (Wildman–Crippen LogP) is 7.42. The molecule has 0 amide bonds. The molecule has 182 valence electrons. The Bertz CT molecular complexity index is 1730. The lowest BCUT2D eigenvalue weighted by atomic mass is 9.34. The van der Waals surface area contributed by atoms with Gasteiger partial charge in [0.2, 0.25) is 0 Å². The monoisotopic (exact) mass is 498 g/mol. The molecule has 0 bridgehead atoms. The summed E-state index contributed by atoms with van der Waals surface area (Å²) in [5, 5.41) is 0. The largest absolute Gasteiger partial charge is 0.458 e. The maximum absolute atomic E-state index is 6.68. The highest BCUT2D eigenvalue weighted by molar-refractivity contribution is 6.98. The van der Waals surface area contributed by atoms with Crippen LogP contribution in [0.25, 0.3) is 33.4 Å². The lowest BCUT2D eigenvalue weighted by Crippen LogP contribution is -2.57. The van der Waals surface area contributed by atoms with Crippen LogP contribution in [-0.4, -0.2) is 6.71 Å². The number of benzene rings is 6. The summed E-state index contributed by atoms with van der Waals surface area (Å²) in [4.78, 5) is 0. The van der Waals surface area contributed by atoms with E-state index in [0.717, 1.165) is 61.6 Å². The lowest BCUT2D eigenvalue weighted by molar-refractivity contribution is 0.465. The zero-order chi connectivity index (χ0) is 25.8. The number of ether oxygens (including phenoxy) is 2. The SMILES string of the molecule is c1ccc(-c2ccc3c(c2)Oc2cc(-c4ccccc4)cc4c2B3c2ccc(-c3ccccc3)cc2O4)cc1. The smallest absolute Gasteiger partial charge is 0.260 e. The van der Waals surface area contributed by atoms with E-state index in [1.807, 2.05) is 18.2 Å². The second kappa shape index (κ2) is 8.78. The minimum absolute atomic E-state index is 0.0296. The van der Waals surface area contributed by atoms with Crippen LogP contribution in [0.1, 0.15) is 0 Å². The first-order chi connectivity index (χ1) is 19.3. The normalized spacial score (nSPS) is 12.5. The van der Waals surface area contributed by atoms with Gasteiger partial charge in [-0.15, -0.1) is 0 Å². The maximum atomic E-state index is 6.68. The van der Waals surface area contributed by atoms with E-state index >= 15 is 0 Å². The van der Waals surface area contributed by atoms with Crippen LogP contribution < -0.4 is 25.9 Å². The van der Waals surface area contributed by atoms with Crippen LogP contribution in [0.3, 0.4) is 0 Å². The molecule has 0 aliphatic carbocycles. The summed E-state index contributed by atoms with van der Waals surface area (Å²) < 4.78 is 13.4. The molecule has 0 atom stereocenters. The third kappa shape index (κ3) is 3.66. The zero-order valence-corrected chi connectivity index (χ0v) is 21.2. The van der Waals surface area contributed by atoms with E-state index < -0.39 is 0 Å². The van der Waals surface area contributed by atoms with Crippen molar-refractivity contribution in [3.63, 3.8) is 0 Å². The number of fused-ring (bicyclic) bond motifs is 4. The van der Waals surface area contributed by atoms with E-state index in [4.69, 9.17) is 9.47 Å². The Labute approximate surface area is 228 Å². The van der Waals surface area contributed by atoms with Crippen molar-refractivity contribution in [2.75, 3.05) is 0 Å². The van der Waals surface area contributed by atoms with Crippen LogP contribution in [-0.2, 0) is 0 Å². The quantitative estimate of drug-likeness (QED) is 0.236. The highest BCUT2D eigenvalue weighted by Crippen LogP contribution is 2.40. The first-order valence-corrected chi connectivity index (χ1v) is 13.3. The Balaban J connectivity index is 1.33. The standard InChI is InChI=1S/C36H23BO2/c1-4-10-24(11-5-1)27-16-18-30-32(20-27)38-34-22-29(26-14-8-3-9-15-26)23-35-36(34)37(30)31-19-17-28(21-33(31)39-35)25-12-6-2-7-13-25/h1-23H. The van der Waals surface area contributed by atoms with Gasteiger partial charge in [0.1, 0.15) is 23.0 Å². The second-order valence-electron chi connectivity index (χ2n) is 10.1. The topological polar surface area (TPSA) is 18.5 Å². The van der Waals surface area contributed by atoms with Gasteiger partial charge in [0.25, 0.3) is 6.71 Å². The number of hydrogen-bond acceptors (Lipinski definition) is 2. The molecule has 2 aliphatic rings. The summed E-state index contributed by atoms with van der Waals surface area (Å²) >= 11 is 0. The lowest BCUT2D eigenvalue weighted by Gasteiger charge is -2.33. The van der Waals surface area contributed by atoms with E-state index in [1.165, 1.54) is 11.1 Å². The van der Waals surface area contributed by atoms with Gasteiger partial charge >= 0.3 is 0 Å². The summed E-state index contributed by atoms with van der Waals surface area (Å²) in [5.74, 6) is 3.49. The van der Waals surface area contributed by atoms with Crippen molar-refractivity contribution in [3.8, 4) is 56.4 Å². The molecular formula is C36H23BO2. The molecule has 0 N–H and O–H groups in total. The molecule has 2 heterocycles. The Kier molecular flexibility index (Phi) is 4.96. The van der Waals surface area contributed by atoms with Crippen LogP contribution >= 0.6 is 0 Å². The van der Waals surface area contributed by atoms with Gasteiger partial charge in [0, 0.05) is 5.46 Å². The third-order valence-electron chi connectivity index (χ3n) is 7.80. The molecule has 8 rings (SSSR count). The molecule has 39 heavy (non-hydrogen) atoms. The van der Waals surface area contributed by atoms with Gasteiger partial charge in [-0.3, -0.25) is 0 Å². The van der Waals surface area contributed by atoms with Crippen LogP contribution in [0, 0.1) is 0 Å². The van der Waals surface area contributed by atoms with Crippen molar-refractivity contribution in [1.82, 2.24) is 0 Å². The first kappa shape index (κ1) is 22.0. The van der Waals surface area contributed by atoms with Crippen LogP contribution in [0.4, 0.5) is 0 Å². The fourth-order valence-electron chi connectivity index (χ4n) is 5.91. The Morgan fingerprint density at radius 2 is 0.718 bits per heavy atom. The fourth-order valence-corrected chi connectivity index (χ4v) is 5.91. The number of hydrogen-bond donors (Lipinski definition) is 0. The molecule has 0 saturated heterocycles. The van der Waals surface area contributed by atoms with Crippen LogP contribution in [0.2, 0.25) is 0 Å². The van der Waals surface area contributed by atoms with Gasteiger partial charge in [-0.05, 0) is 68.6 Å². The fraction of sp³-hybridized carbons (Fsp3) is 0. The molecule has 0 unspecified atom stereocenters. The van der Waals surface area contributed by atoms with Gasteiger partial charge in [-0.1, -0.05) is 115 Å².